The quantitative estimate of drug-likeness (QED) is 0.0694. The van der Waals surface area contributed by atoms with Crippen LogP contribution >= 0.6 is 11.3 Å². The van der Waals surface area contributed by atoms with Gasteiger partial charge in [-0.05, 0) is 25.7 Å². The van der Waals surface area contributed by atoms with E-state index in [-0.39, 0.29) is 63.4 Å². The fraction of sp³-hybridized carbons (Fsp3) is 0.476. The molecule has 48 heavy (non-hydrogen) atoms. The number of carbonyl (C=O) groups is 1. The second-order valence-corrected chi connectivity index (χ2v) is 18.3. The van der Waals surface area contributed by atoms with Crippen LogP contribution in [0.5, 0.6) is 0 Å². The number of fused-ring (bicyclic) bond motifs is 5. The number of carbonyl (C=O) groups excluding carboxylic acids is 1. The van der Waals surface area contributed by atoms with Gasteiger partial charge in [-0.25, -0.2) is 0 Å². The number of thiophene rings is 1. The third-order valence-electron chi connectivity index (χ3n) is 8.99. The molecule has 261 valence electrons. The van der Waals surface area contributed by atoms with Crippen LogP contribution in [0, 0.1) is 30.2 Å². The van der Waals surface area contributed by atoms with E-state index in [0.717, 1.165) is 37.8 Å². The van der Waals surface area contributed by atoms with Gasteiger partial charge >= 0.3 is 202 Å². The number of rotatable bonds is 9. The number of aliphatic hydroxyl groups excluding tert-OH is 1. The number of benzene rings is 2. The molecule has 0 bridgehead atoms. The standard InChI is InChI=1S/C29H30NSSe.C13H24O2.Ir/c1-17-14-23(32-27(17)29(5,6)7)24-26-22(12-13-30-24)21-11-9-19-15-18(16-28(2,3)4)8-10-20(19)25(21)31-26;1-5-10(6-2)12(14)9-13(15)11(7-3)8-4;/h8-13,15H,16H2,1-7H3;9-11,14H,5-8H2,1-4H3;/q-1;;/b;12-9-;. The van der Waals surface area contributed by atoms with Crippen molar-refractivity contribution >= 4 is 62.6 Å². The first-order valence-electron chi connectivity index (χ1n) is 17.3. The molecule has 0 aliphatic heterocycles. The van der Waals surface area contributed by atoms with Crippen LogP contribution in [0.4, 0.5) is 0 Å². The van der Waals surface area contributed by atoms with Crippen molar-refractivity contribution in [3.8, 4) is 10.1 Å². The summed E-state index contributed by atoms with van der Waals surface area (Å²) in [6.07, 6.45) is 7.98. The van der Waals surface area contributed by atoms with Crippen LogP contribution in [0.15, 0.2) is 54.4 Å². The van der Waals surface area contributed by atoms with Crippen LogP contribution in [-0.4, -0.2) is 30.4 Å². The number of hydrogen-bond donors (Lipinski definition) is 1. The summed E-state index contributed by atoms with van der Waals surface area (Å²) in [5.74, 6) is 0.547. The van der Waals surface area contributed by atoms with Crippen LogP contribution < -0.4 is 0 Å². The van der Waals surface area contributed by atoms with Crippen molar-refractivity contribution in [1.82, 2.24) is 4.98 Å². The van der Waals surface area contributed by atoms with Gasteiger partial charge in [0, 0.05) is 38.0 Å². The molecular weight excluding hydrogens is 854 g/mol. The zero-order valence-electron chi connectivity index (χ0n) is 30.8. The van der Waals surface area contributed by atoms with Crippen LogP contribution in [0.3, 0.4) is 0 Å². The third kappa shape index (κ3) is 9.37. The van der Waals surface area contributed by atoms with Crippen LogP contribution in [0.25, 0.3) is 41.1 Å². The van der Waals surface area contributed by atoms with E-state index < -0.39 is 0 Å². The van der Waals surface area contributed by atoms with Gasteiger partial charge < -0.3 is 5.11 Å². The molecule has 0 saturated heterocycles. The first-order chi connectivity index (χ1) is 22.1. The maximum absolute atomic E-state index is 11.7. The van der Waals surface area contributed by atoms with Crippen molar-refractivity contribution in [2.75, 3.05) is 0 Å². The Bertz CT molecular complexity index is 1880. The molecule has 1 N–H and O–H groups in total. The summed E-state index contributed by atoms with van der Waals surface area (Å²) in [6.45, 7) is 24.1. The average Bonchev–Trinajstić information content (AvgIpc) is 3.58. The normalized spacial score (nSPS) is 12.6. The zero-order valence-corrected chi connectivity index (χ0v) is 35.7. The van der Waals surface area contributed by atoms with Gasteiger partial charge in [0.05, 0.1) is 5.76 Å². The Balaban J connectivity index is 0.000000334. The summed E-state index contributed by atoms with van der Waals surface area (Å²) >= 11 is 2.18. The summed E-state index contributed by atoms with van der Waals surface area (Å²) in [7, 11) is 0. The van der Waals surface area contributed by atoms with Gasteiger partial charge in [-0.3, -0.25) is 4.79 Å². The fourth-order valence-corrected chi connectivity index (χ4v) is 10.4. The molecule has 0 aliphatic rings. The maximum atomic E-state index is 11.7. The summed E-state index contributed by atoms with van der Waals surface area (Å²) < 4.78 is 5.52. The van der Waals surface area contributed by atoms with Crippen molar-refractivity contribution in [2.24, 2.45) is 17.3 Å². The Kier molecular flexibility index (Phi) is 14.1. The number of allylic oxidation sites excluding steroid dienone is 2. The average molecular weight is 908 g/mol. The molecule has 0 spiro atoms. The largest absolute Gasteiger partial charge is 0 e. The van der Waals surface area contributed by atoms with E-state index in [4.69, 9.17) is 4.98 Å². The maximum Gasteiger partial charge on any atom is 0 e. The van der Waals surface area contributed by atoms with Gasteiger partial charge in [-0.1, -0.05) is 27.7 Å². The summed E-state index contributed by atoms with van der Waals surface area (Å²) in [5, 5.41) is 15.1. The van der Waals surface area contributed by atoms with E-state index in [1.165, 1.54) is 57.0 Å². The first kappa shape index (κ1) is 40.4. The number of nitrogens with zero attached hydrogens (tertiary/aromatic N) is 1. The van der Waals surface area contributed by atoms with Crippen molar-refractivity contribution in [1.29, 1.82) is 0 Å². The molecule has 3 aromatic heterocycles. The van der Waals surface area contributed by atoms with Crippen LogP contribution in [-0.2, 0) is 36.7 Å². The SMILES string of the molecule is CCC(CC)C(=O)/C=C(\O)C(CC)CC.Cc1[c-]c(-c2nccc3c2sc2c4ccc(CC(C)(C)C)cc4ccc32)[se]c1C(C)(C)C.[Ir]. The summed E-state index contributed by atoms with van der Waals surface area (Å²) in [6, 6.07) is 17.5. The minimum absolute atomic E-state index is 0. The smallest absolute Gasteiger partial charge is 0 e. The minimum Gasteiger partial charge on any atom is 0 e. The molecule has 0 unspecified atom stereocenters. The van der Waals surface area contributed by atoms with Crippen molar-refractivity contribution in [2.45, 2.75) is 114 Å². The zero-order chi connectivity index (χ0) is 34.7. The molecule has 2 aromatic carbocycles. The Morgan fingerprint density at radius 1 is 0.896 bits per heavy atom. The van der Waals surface area contributed by atoms with Gasteiger partial charge in [0.15, 0.2) is 5.78 Å². The molecule has 5 aromatic rings. The van der Waals surface area contributed by atoms with E-state index in [9.17, 15) is 9.90 Å². The molecule has 6 heteroatoms. The molecular formula is C42H54IrNO2SSe-. The molecule has 0 atom stereocenters. The predicted molar refractivity (Wildman–Crippen MR) is 206 cm³/mol. The molecule has 0 saturated carbocycles. The number of aliphatic hydroxyl groups is 1. The minimum atomic E-state index is 0. The van der Waals surface area contributed by atoms with Crippen molar-refractivity contribution < 1.29 is 30.0 Å². The topological polar surface area (TPSA) is 50.2 Å². The van der Waals surface area contributed by atoms with E-state index in [2.05, 4.69) is 90.9 Å². The second kappa shape index (κ2) is 16.8. The van der Waals surface area contributed by atoms with E-state index >= 15 is 0 Å². The van der Waals surface area contributed by atoms with E-state index in [1.807, 2.05) is 45.2 Å². The van der Waals surface area contributed by atoms with Crippen molar-refractivity contribution in [3.63, 3.8) is 0 Å². The Hall–Kier alpha value is -2.07. The van der Waals surface area contributed by atoms with Gasteiger partial charge in [-0.2, -0.15) is 0 Å². The number of aromatic nitrogens is 1. The van der Waals surface area contributed by atoms with Crippen LogP contribution in [0.1, 0.15) is 110 Å². The van der Waals surface area contributed by atoms with Crippen LogP contribution in [0.2, 0.25) is 0 Å². The predicted octanol–water partition coefficient (Wildman–Crippen LogP) is 12.2. The Morgan fingerprint density at radius 3 is 2.06 bits per heavy atom. The molecule has 1 radical (unpaired) electrons. The monoisotopic (exact) mass is 909 g/mol. The van der Waals surface area contributed by atoms with Crippen molar-refractivity contribution in [3.05, 3.63) is 76.1 Å². The Labute approximate surface area is 312 Å². The fourth-order valence-electron chi connectivity index (χ4n) is 6.46. The molecule has 0 aliphatic carbocycles. The molecule has 0 amide bonds. The molecule has 0 fully saturated rings. The number of hydrogen-bond acceptors (Lipinski definition) is 4. The van der Waals surface area contributed by atoms with Gasteiger partial charge in [0.25, 0.3) is 0 Å². The number of ketones is 1. The summed E-state index contributed by atoms with van der Waals surface area (Å²) in [4.78, 5) is 16.6. The van der Waals surface area contributed by atoms with Gasteiger partial charge in [0.2, 0.25) is 0 Å². The van der Waals surface area contributed by atoms with Gasteiger partial charge in [0.1, 0.15) is 0 Å². The Morgan fingerprint density at radius 2 is 1.50 bits per heavy atom. The molecule has 3 heterocycles. The molecule has 3 nitrogen and oxygen atoms in total. The van der Waals surface area contributed by atoms with E-state index in [0.29, 0.717) is 5.41 Å². The number of aryl methyl sites for hydroxylation is 1. The third-order valence-corrected chi connectivity index (χ3v) is 13.7. The number of pyridine rings is 1. The first-order valence-corrected chi connectivity index (χ1v) is 19.8. The van der Waals surface area contributed by atoms with E-state index in [1.54, 1.807) is 0 Å². The summed E-state index contributed by atoms with van der Waals surface area (Å²) in [5.41, 5.74) is 4.34. The molecule has 5 rings (SSSR count). The second-order valence-electron chi connectivity index (χ2n) is 15.1. The van der Waals surface area contributed by atoms with Gasteiger partial charge in [-0.15, -0.1) is 0 Å².